The lowest BCUT2D eigenvalue weighted by atomic mass is 9.91. The first-order chi connectivity index (χ1) is 12.1. The number of piperazine rings is 1. The second-order valence-corrected chi connectivity index (χ2v) is 7.20. The fourth-order valence-corrected chi connectivity index (χ4v) is 3.69. The molecule has 0 unspecified atom stereocenters. The molecule has 3 heterocycles. The first-order valence-corrected chi connectivity index (χ1v) is 8.95. The minimum absolute atomic E-state index is 0.401. The average Bonchev–Trinajstić information content (AvgIpc) is 3.05. The van der Waals surface area contributed by atoms with Gasteiger partial charge in [0.2, 0.25) is 0 Å². The van der Waals surface area contributed by atoms with Gasteiger partial charge < -0.3 is 14.8 Å². The van der Waals surface area contributed by atoms with Gasteiger partial charge in [-0.25, -0.2) is 0 Å². The van der Waals surface area contributed by atoms with Crippen LogP contribution in [0.1, 0.15) is 19.4 Å². The lowest BCUT2D eigenvalue weighted by Gasteiger charge is -2.33. The molecular weight excluding hydrogens is 316 g/mol. The van der Waals surface area contributed by atoms with Crippen LogP contribution in [-0.2, 0) is 12.1 Å². The summed E-state index contributed by atoms with van der Waals surface area (Å²) in [5, 5.41) is 8.08. The van der Waals surface area contributed by atoms with E-state index < -0.39 is 5.60 Å². The van der Waals surface area contributed by atoms with Crippen molar-refractivity contribution >= 4 is 0 Å². The highest BCUT2D eigenvalue weighted by Crippen LogP contribution is 2.46. The Hall–Kier alpha value is -2.05. The van der Waals surface area contributed by atoms with Crippen molar-refractivity contribution in [3.63, 3.8) is 0 Å². The van der Waals surface area contributed by atoms with Gasteiger partial charge in [0.05, 0.1) is 25.5 Å². The van der Waals surface area contributed by atoms with Crippen molar-refractivity contribution in [3.05, 3.63) is 30.0 Å². The fraction of sp³-hybridized carbons (Fsp3) is 0.526. The first kappa shape index (κ1) is 16.4. The van der Waals surface area contributed by atoms with E-state index >= 15 is 0 Å². The molecule has 0 aliphatic carbocycles. The summed E-state index contributed by atoms with van der Waals surface area (Å²) in [6.07, 6.45) is 1.96. The monoisotopic (exact) mass is 342 g/mol. The normalized spacial score (nSPS) is 19.0. The zero-order valence-electron chi connectivity index (χ0n) is 15.2. The Balaban J connectivity index is 1.66. The number of nitrogens with one attached hydrogen (secondary N) is 1. The number of benzene rings is 1. The van der Waals surface area contributed by atoms with Crippen LogP contribution in [0.5, 0.6) is 11.5 Å². The first-order valence-electron chi connectivity index (χ1n) is 8.95. The van der Waals surface area contributed by atoms with Crippen LogP contribution in [0.4, 0.5) is 0 Å². The molecular formula is C19H26N4O2. The molecule has 0 saturated carbocycles. The molecule has 1 N–H and O–H groups in total. The van der Waals surface area contributed by atoms with Crippen LogP contribution < -0.4 is 14.8 Å². The molecule has 2 aliphatic rings. The zero-order valence-corrected chi connectivity index (χ0v) is 15.2. The Morgan fingerprint density at radius 2 is 2.04 bits per heavy atom. The molecule has 1 aromatic heterocycles. The Bertz CT molecular complexity index is 763. The van der Waals surface area contributed by atoms with Gasteiger partial charge in [0.25, 0.3) is 0 Å². The van der Waals surface area contributed by atoms with E-state index in [2.05, 4.69) is 39.9 Å². The van der Waals surface area contributed by atoms with Gasteiger partial charge in [-0.05, 0) is 26.0 Å². The van der Waals surface area contributed by atoms with Crippen molar-refractivity contribution in [3.8, 4) is 22.8 Å². The summed E-state index contributed by atoms with van der Waals surface area (Å²) in [6.45, 7) is 10.4. The zero-order chi connectivity index (χ0) is 17.4. The number of hydrogen-bond acceptors (Lipinski definition) is 5. The highest BCUT2D eigenvalue weighted by molar-refractivity contribution is 5.74. The number of methoxy groups -OCH3 is 1. The van der Waals surface area contributed by atoms with E-state index in [0.717, 1.165) is 61.9 Å². The number of ether oxygens (including phenoxy) is 2. The van der Waals surface area contributed by atoms with Crippen LogP contribution in [0.3, 0.4) is 0 Å². The third kappa shape index (κ3) is 3.00. The van der Waals surface area contributed by atoms with Crippen LogP contribution >= 0.6 is 0 Å². The van der Waals surface area contributed by atoms with E-state index in [9.17, 15) is 0 Å². The maximum atomic E-state index is 6.24. The molecule has 4 rings (SSSR count). The van der Waals surface area contributed by atoms with Crippen molar-refractivity contribution in [2.45, 2.75) is 26.0 Å². The molecule has 0 atom stereocenters. The van der Waals surface area contributed by atoms with E-state index in [1.807, 2.05) is 18.3 Å². The van der Waals surface area contributed by atoms with Crippen LogP contribution in [0.2, 0.25) is 0 Å². The maximum Gasteiger partial charge on any atom is 0.133 e. The third-order valence-electron chi connectivity index (χ3n) is 5.13. The maximum absolute atomic E-state index is 6.24. The van der Waals surface area contributed by atoms with E-state index in [1.165, 1.54) is 5.69 Å². The molecule has 25 heavy (non-hydrogen) atoms. The van der Waals surface area contributed by atoms with Gasteiger partial charge in [0, 0.05) is 49.9 Å². The van der Waals surface area contributed by atoms with Crippen molar-refractivity contribution in [1.29, 1.82) is 0 Å². The smallest absolute Gasteiger partial charge is 0.133 e. The molecule has 2 aliphatic heterocycles. The average molecular weight is 342 g/mol. The van der Waals surface area contributed by atoms with Gasteiger partial charge in [-0.3, -0.25) is 9.58 Å². The summed E-state index contributed by atoms with van der Waals surface area (Å²) in [5.41, 5.74) is 3.00. The number of nitrogens with zero attached hydrogens (tertiary/aromatic N) is 3. The van der Waals surface area contributed by atoms with Gasteiger partial charge in [0.1, 0.15) is 17.1 Å². The van der Waals surface area contributed by atoms with Crippen molar-refractivity contribution in [2.75, 3.05) is 39.8 Å². The van der Waals surface area contributed by atoms with E-state index in [1.54, 1.807) is 7.11 Å². The molecule has 0 amide bonds. The molecule has 6 heteroatoms. The van der Waals surface area contributed by atoms with Gasteiger partial charge in [0.15, 0.2) is 0 Å². The number of rotatable bonds is 4. The number of aromatic nitrogens is 2. The standard InChI is InChI=1S/C19H26N4O2/c1-19(2)16-13-21-23(11-10-22-8-6-20-7-9-22)18(16)15-5-4-14(24-3)12-17(15)25-19/h4-5,12-13,20H,6-11H2,1-3H3. The largest absolute Gasteiger partial charge is 0.497 e. The Labute approximate surface area is 148 Å². The minimum atomic E-state index is -0.401. The summed E-state index contributed by atoms with van der Waals surface area (Å²) in [7, 11) is 1.68. The van der Waals surface area contributed by atoms with Crippen LogP contribution in [0.25, 0.3) is 11.3 Å². The lowest BCUT2D eigenvalue weighted by molar-refractivity contribution is 0.105. The molecule has 134 valence electrons. The second-order valence-electron chi connectivity index (χ2n) is 7.20. The topological polar surface area (TPSA) is 51.6 Å². The molecule has 1 saturated heterocycles. The van der Waals surface area contributed by atoms with Crippen molar-refractivity contribution in [1.82, 2.24) is 20.0 Å². The molecule has 1 aromatic carbocycles. The SMILES string of the molecule is COc1ccc2c(c1)OC(C)(C)c1cnn(CCN3CCNCC3)c1-2. The lowest BCUT2D eigenvalue weighted by Crippen LogP contribution is -2.44. The van der Waals surface area contributed by atoms with Crippen LogP contribution in [0, 0.1) is 0 Å². The van der Waals surface area contributed by atoms with Crippen LogP contribution in [-0.4, -0.2) is 54.5 Å². The van der Waals surface area contributed by atoms with Crippen molar-refractivity contribution < 1.29 is 9.47 Å². The predicted octanol–water partition coefficient (Wildman–Crippen LogP) is 2.09. The fourth-order valence-electron chi connectivity index (χ4n) is 3.69. The highest BCUT2D eigenvalue weighted by atomic mass is 16.5. The molecule has 2 aromatic rings. The third-order valence-corrected chi connectivity index (χ3v) is 5.13. The van der Waals surface area contributed by atoms with Gasteiger partial charge in [-0.2, -0.15) is 5.10 Å². The van der Waals surface area contributed by atoms with Crippen molar-refractivity contribution in [2.24, 2.45) is 0 Å². The molecule has 0 radical (unpaired) electrons. The molecule has 6 nitrogen and oxygen atoms in total. The molecule has 0 bridgehead atoms. The van der Waals surface area contributed by atoms with E-state index in [4.69, 9.17) is 9.47 Å². The second kappa shape index (κ2) is 6.35. The highest BCUT2D eigenvalue weighted by Gasteiger charge is 2.36. The van der Waals surface area contributed by atoms with Gasteiger partial charge >= 0.3 is 0 Å². The van der Waals surface area contributed by atoms with Gasteiger partial charge in [-0.1, -0.05) is 0 Å². The summed E-state index contributed by atoms with van der Waals surface area (Å²) >= 11 is 0. The summed E-state index contributed by atoms with van der Waals surface area (Å²) in [6, 6.07) is 6.02. The summed E-state index contributed by atoms with van der Waals surface area (Å²) in [4.78, 5) is 2.49. The van der Waals surface area contributed by atoms with E-state index in [-0.39, 0.29) is 0 Å². The summed E-state index contributed by atoms with van der Waals surface area (Å²) in [5.74, 6) is 1.67. The minimum Gasteiger partial charge on any atom is -0.497 e. The Kier molecular flexibility index (Phi) is 4.17. The van der Waals surface area contributed by atoms with Crippen LogP contribution in [0.15, 0.2) is 24.4 Å². The number of fused-ring (bicyclic) bond motifs is 3. The Morgan fingerprint density at radius 3 is 2.80 bits per heavy atom. The predicted molar refractivity (Wildman–Crippen MR) is 97.2 cm³/mol. The Morgan fingerprint density at radius 1 is 1.24 bits per heavy atom. The van der Waals surface area contributed by atoms with Gasteiger partial charge in [-0.15, -0.1) is 0 Å². The van der Waals surface area contributed by atoms with E-state index in [0.29, 0.717) is 0 Å². The molecule has 1 fully saturated rings. The quantitative estimate of drug-likeness (QED) is 0.922. The summed E-state index contributed by atoms with van der Waals surface area (Å²) < 4.78 is 13.7. The number of hydrogen-bond donors (Lipinski definition) is 1. The molecule has 0 spiro atoms.